The van der Waals surface area contributed by atoms with Gasteiger partial charge in [0.25, 0.3) is 0 Å². The minimum atomic E-state index is 0.527. The van der Waals surface area contributed by atoms with Gasteiger partial charge < -0.3 is 4.74 Å². The Labute approximate surface area is 121 Å². The molecule has 0 N–H and O–H groups in total. The number of pyridine rings is 1. The van der Waals surface area contributed by atoms with Crippen LogP contribution in [0.5, 0.6) is 5.88 Å². The highest BCUT2D eigenvalue weighted by molar-refractivity contribution is 6.17. The topological polar surface area (TPSA) is 22.1 Å². The number of hydrogen-bond acceptors (Lipinski definition) is 2. The van der Waals surface area contributed by atoms with Crippen LogP contribution in [0.25, 0.3) is 0 Å². The monoisotopic (exact) mass is 281 g/mol. The van der Waals surface area contributed by atoms with E-state index in [2.05, 4.69) is 18.0 Å². The molecule has 0 saturated heterocycles. The molecule has 2 nitrogen and oxygen atoms in total. The first-order chi connectivity index (χ1) is 9.31. The van der Waals surface area contributed by atoms with Gasteiger partial charge in [0.2, 0.25) is 5.88 Å². The first kappa shape index (κ1) is 14.6. The molecule has 1 saturated carbocycles. The third-order valence-electron chi connectivity index (χ3n) is 3.77. The van der Waals surface area contributed by atoms with Crippen LogP contribution < -0.4 is 4.74 Å². The normalized spacial score (nSPS) is 16.5. The molecule has 0 unspecified atom stereocenters. The van der Waals surface area contributed by atoms with Gasteiger partial charge in [-0.1, -0.05) is 32.6 Å². The largest absolute Gasteiger partial charge is 0.477 e. The van der Waals surface area contributed by atoms with Gasteiger partial charge in [-0.3, -0.25) is 0 Å². The highest BCUT2D eigenvalue weighted by Gasteiger charge is 2.14. The molecule has 0 aliphatic heterocycles. The van der Waals surface area contributed by atoms with Crippen molar-refractivity contribution >= 4 is 11.6 Å². The predicted molar refractivity (Wildman–Crippen MR) is 79.9 cm³/mol. The lowest BCUT2D eigenvalue weighted by molar-refractivity contribution is 0.202. The van der Waals surface area contributed by atoms with Crippen molar-refractivity contribution in [3.8, 4) is 5.88 Å². The third-order valence-corrected chi connectivity index (χ3v) is 4.08. The van der Waals surface area contributed by atoms with Crippen LogP contribution >= 0.6 is 11.6 Å². The average molecular weight is 282 g/mol. The highest BCUT2D eigenvalue weighted by Crippen LogP contribution is 2.24. The van der Waals surface area contributed by atoms with Gasteiger partial charge in [0.15, 0.2) is 0 Å². The van der Waals surface area contributed by atoms with Gasteiger partial charge in [0.05, 0.1) is 6.61 Å². The Kier molecular flexibility index (Phi) is 5.96. The van der Waals surface area contributed by atoms with Crippen LogP contribution in [0, 0.1) is 5.92 Å². The van der Waals surface area contributed by atoms with E-state index < -0.39 is 0 Å². The molecule has 2 rings (SSSR count). The second kappa shape index (κ2) is 7.74. The number of nitrogens with zero attached hydrogens (tertiary/aromatic N) is 1. The zero-order chi connectivity index (χ0) is 13.5. The smallest absolute Gasteiger partial charge is 0.213 e. The van der Waals surface area contributed by atoms with Crippen molar-refractivity contribution in [3.63, 3.8) is 0 Å². The van der Waals surface area contributed by atoms with Crippen LogP contribution in [0.2, 0.25) is 0 Å². The fourth-order valence-corrected chi connectivity index (χ4v) is 2.87. The Morgan fingerprint density at radius 2 is 2.05 bits per heavy atom. The zero-order valence-corrected chi connectivity index (χ0v) is 12.6. The number of halogens is 1. The zero-order valence-electron chi connectivity index (χ0n) is 11.8. The van der Waals surface area contributed by atoms with Gasteiger partial charge in [-0.25, -0.2) is 4.98 Å². The number of aromatic nitrogens is 1. The van der Waals surface area contributed by atoms with Crippen LogP contribution in [-0.2, 0) is 12.3 Å². The molecule has 0 radical (unpaired) electrons. The van der Waals surface area contributed by atoms with Crippen molar-refractivity contribution in [2.75, 3.05) is 6.61 Å². The maximum absolute atomic E-state index is 5.94. The van der Waals surface area contributed by atoms with Crippen LogP contribution in [0.1, 0.15) is 56.7 Å². The van der Waals surface area contributed by atoms with Gasteiger partial charge in [-0.15, -0.1) is 11.6 Å². The van der Waals surface area contributed by atoms with Crippen molar-refractivity contribution in [3.05, 3.63) is 23.4 Å². The number of ether oxygens (including phenoxy) is 1. The van der Waals surface area contributed by atoms with Crippen molar-refractivity contribution in [1.82, 2.24) is 4.98 Å². The fraction of sp³-hybridized carbons (Fsp3) is 0.688. The molecule has 1 aliphatic rings. The maximum Gasteiger partial charge on any atom is 0.213 e. The first-order valence-electron chi connectivity index (χ1n) is 7.50. The summed E-state index contributed by atoms with van der Waals surface area (Å²) in [5.41, 5.74) is 2.21. The minimum Gasteiger partial charge on any atom is -0.477 e. The van der Waals surface area contributed by atoms with Crippen molar-refractivity contribution in [2.24, 2.45) is 5.92 Å². The Bertz CT molecular complexity index is 388. The summed E-state index contributed by atoms with van der Waals surface area (Å²) in [7, 11) is 0. The first-order valence-corrected chi connectivity index (χ1v) is 8.04. The van der Waals surface area contributed by atoms with Crippen molar-refractivity contribution < 1.29 is 4.74 Å². The molecule has 1 fully saturated rings. The summed E-state index contributed by atoms with van der Waals surface area (Å²) in [6.45, 7) is 2.97. The number of alkyl halides is 1. The molecule has 19 heavy (non-hydrogen) atoms. The molecule has 0 atom stereocenters. The Balaban J connectivity index is 1.95. The second-order valence-electron chi connectivity index (χ2n) is 5.50. The van der Waals surface area contributed by atoms with E-state index in [4.69, 9.17) is 16.3 Å². The van der Waals surface area contributed by atoms with Gasteiger partial charge in [-0.05, 0) is 36.8 Å². The van der Waals surface area contributed by atoms with E-state index in [0.717, 1.165) is 36.6 Å². The SMILES string of the molecule is CCCc1cc(CCl)cc(OCC2CCCCC2)n1. The van der Waals surface area contributed by atoms with Crippen molar-refractivity contribution in [1.29, 1.82) is 0 Å². The van der Waals surface area contributed by atoms with E-state index in [1.807, 2.05) is 6.07 Å². The van der Waals surface area contributed by atoms with Gasteiger partial charge in [0, 0.05) is 17.6 Å². The lowest BCUT2D eigenvalue weighted by Crippen LogP contribution is -2.16. The summed E-state index contributed by atoms with van der Waals surface area (Å²) in [6, 6.07) is 4.07. The average Bonchev–Trinajstić information content (AvgIpc) is 2.46. The van der Waals surface area contributed by atoms with Crippen LogP contribution in [0.15, 0.2) is 12.1 Å². The number of aryl methyl sites for hydroxylation is 1. The van der Waals surface area contributed by atoms with Gasteiger partial charge in [0.1, 0.15) is 0 Å². The third kappa shape index (κ3) is 4.68. The minimum absolute atomic E-state index is 0.527. The fourth-order valence-electron chi connectivity index (χ4n) is 2.71. The van der Waals surface area contributed by atoms with Gasteiger partial charge >= 0.3 is 0 Å². The molecule has 1 aromatic rings. The molecule has 106 valence electrons. The number of rotatable bonds is 6. The van der Waals surface area contributed by atoms with E-state index in [9.17, 15) is 0 Å². The standard InChI is InChI=1S/C16H24ClNO/c1-2-6-15-9-14(11-17)10-16(18-15)19-12-13-7-4-3-5-8-13/h9-10,13H,2-8,11-12H2,1H3. The molecule has 0 spiro atoms. The van der Waals surface area contributed by atoms with E-state index in [-0.39, 0.29) is 0 Å². The molecular weight excluding hydrogens is 258 g/mol. The van der Waals surface area contributed by atoms with E-state index >= 15 is 0 Å². The Morgan fingerprint density at radius 1 is 1.26 bits per heavy atom. The second-order valence-corrected chi connectivity index (χ2v) is 5.77. The molecule has 0 amide bonds. The summed E-state index contributed by atoms with van der Waals surface area (Å²) in [6.07, 6.45) is 8.78. The Hall–Kier alpha value is -0.760. The summed E-state index contributed by atoms with van der Waals surface area (Å²) < 4.78 is 5.91. The quantitative estimate of drug-likeness (QED) is 0.703. The molecular formula is C16H24ClNO. The van der Waals surface area contributed by atoms with Crippen LogP contribution in [-0.4, -0.2) is 11.6 Å². The summed E-state index contributed by atoms with van der Waals surface area (Å²) >= 11 is 5.94. The van der Waals surface area contributed by atoms with E-state index in [1.165, 1.54) is 32.1 Å². The molecule has 0 aromatic carbocycles. The number of hydrogen-bond donors (Lipinski definition) is 0. The predicted octanol–water partition coefficient (Wildman–Crippen LogP) is 4.73. The maximum atomic E-state index is 5.94. The molecule has 1 aromatic heterocycles. The van der Waals surface area contributed by atoms with E-state index in [1.54, 1.807) is 0 Å². The Morgan fingerprint density at radius 3 is 2.74 bits per heavy atom. The lowest BCUT2D eigenvalue weighted by atomic mass is 9.90. The van der Waals surface area contributed by atoms with Crippen LogP contribution in [0.3, 0.4) is 0 Å². The summed E-state index contributed by atoms with van der Waals surface area (Å²) in [4.78, 5) is 4.57. The van der Waals surface area contributed by atoms with Gasteiger partial charge in [-0.2, -0.15) is 0 Å². The molecule has 0 bridgehead atoms. The summed E-state index contributed by atoms with van der Waals surface area (Å²) in [5, 5.41) is 0. The van der Waals surface area contributed by atoms with Crippen LogP contribution in [0.4, 0.5) is 0 Å². The summed E-state index contributed by atoms with van der Waals surface area (Å²) in [5.74, 6) is 2.00. The molecule has 1 aliphatic carbocycles. The molecule has 1 heterocycles. The van der Waals surface area contributed by atoms with Crippen molar-refractivity contribution in [2.45, 2.75) is 57.7 Å². The molecule has 3 heteroatoms. The highest BCUT2D eigenvalue weighted by atomic mass is 35.5. The van der Waals surface area contributed by atoms with E-state index in [0.29, 0.717) is 11.8 Å². The lowest BCUT2D eigenvalue weighted by Gasteiger charge is -2.21.